The highest BCUT2D eigenvalue weighted by Crippen LogP contribution is 2.28. The van der Waals surface area contributed by atoms with Crippen molar-refractivity contribution in [3.63, 3.8) is 0 Å². The normalized spacial score (nSPS) is 15.2. The third-order valence-electron chi connectivity index (χ3n) is 6.86. The second-order valence-electron chi connectivity index (χ2n) is 10.7. The number of hydrogen-bond acceptors (Lipinski definition) is 5. The minimum absolute atomic E-state index is 0.114. The van der Waals surface area contributed by atoms with Gasteiger partial charge in [0.2, 0.25) is 0 Å². The highest BCUT2D eigenvalue weighted by Gasteiger charge is 2.28. The largest absolute Gasteiger partial charge is 0.465 e. The van der Waals surface area contributed by atoms with Gasteiger partial charge in [-0.05, 0) is 43.2 Å². The van der Waals surface area contributed by atoms with Crippen LogP contribution >= 0.6 is 0 Å². The zero-order valence-corrected chi connectivity index (χ0v) is 22.2. The number of hydrogen-bond donors (Lipinski definition) is 1. The van der Waals surface area contributed by atoms with E-state index in [-0.39, 0.29) is 18.5 Å². The minimum Gasteiger partial charge on any atom is -0.465 e. The zero-order chi connectivity index (χ0) is 26.3. The molecule has 0 radical (unpaired) electrons. The Kier molecular flexibility index (Phi) is 6.62. The molecule has 5 rings (SSSR count). The van der Waals surface area contributed by atoms with E-state index >= 15 is 0 Å². The van der Waals surface area contributed by atoms with Crippen LogP contribution in [0.1, 0.15) is 18.9 Å². The van der Waals surface area contributed by atoms with Crippen LogP contribution < -0.4 is 5.69 Å². The average Bonchev–Trinajstić information content (AvgIpc) is 3.38. The van der Waals surface area contributed by atoms with Crippen molar-refractivity contribution in [2.45, 2.75) is 51.3 Å². The number of likely N-dealkylation sites (tertiary alicyclic amines) is 1. The summed E-state index contributed by atoms with van der Waals surface area (Å²) in [5.74, 6) is -0.392. The Morgan fingerprint density at radius 1 is 1.19 bits per heavy atom. The Morgan fingerprint density at radius 3 is 2.65 bits per heavy atom. The number of aromatic nitrogens is 5. The Bertz CT molecular complexity index is 1510. The van der Waals surface area contributed by atoms with Crippen molar-refractivity contribution in [3.8, 4) is 11.4 Å². The monoisotopic (exact) mass is 526 g/mol. The van der Waals surface area contributed by atoms with Crippen LogP contribution in [0.15, 0.2) is 41.5 Å². The fourth-order valence-corrected chi connectivity index (χ4v) is 5.50. The predicted molar refractivity (Wildman–Crippen MR) is 140 cm³/mol. The summed E-state index contributed by atoms with van der Waals surface area (Å²) in [7, 11) is -1.28. The molecule has 0 unspecified atom stereocenters. The van der Waals surface area contributed by atoms with Crippen LogP contribution in [0, 0.1) is 5.82 Å². The van der Waals surface area contributed by atoms with Gasteiger partial charge in [0.05, 0.1) is 23.1 Å². The highest BCUT2D eigenvalue weighted by molar-refractivity contribution is 6.76. The fourth-order valence-electron chi connectivity index (χ4n) is 4.74. The van der Waals surface area contributed by atoms with Crippen molar-refractivity contribution in [2.75, 3.05) is 19.7 Å². The van der Waals surface area contributed by atoms with E-state index in [2.05, 4.69) is 24.6 Å². The van der Waals surface area contributed by atoms with Gasteiger partial charge in [0, 0.05) is 40.0 Å². The molecule has 1 amide bonds. The first kappa shape index (κ1) is 25.1. The second kappa shape index (κ2) is 9.75. The van der Waals surface area contributed by atoms with Gasteiger partial charge in [0.15, 0.2) is 5.65 Å². The number of ether oxygens (including phenoxy) is 1. The first-order valence-corrected chi connectivity index (χ1v) is 16.1. The standard InChI is InChI=1S/C25H31FN6O4Si/c1-37(2,3)13-12-36-16-31-20-6-5-19(21-14-27-22-7-4-17(26)15-30(21)22)28-23(20)32(24(31)33)18-8-10-29(11-9-18)25(34)35/h4-7,14-15,18H,8-13,16H2,1-3H3,(H,34,35). The molecule has 0 atom stereocenters. The number of rotatable bonds is 7. The van der Waals surface area contributed by atoms with Gasteiger partial charge >= 0.3 is 11.8 Å². The summed E-state index contributed by atoms with van der Waals surface area (Å²) in [4.78, 5) is 35.6. The molecule has 12 heteroatoms. The van der Waals surface area contributed by atoms with E-state index in [4.69, 9.17) is 9.72 Å². The molecule has 0 aliphatic carbocycles. The molecule has 5 heterocycles. The lowest BCUT2D eigenvalue weighted by molar-refractivity contribution is 0.0863. The molecule has 1 saturated heterocycles. The number of fused-ring (bicyclic) bond motifs is 2. The van der Waals surface area contributed by atoms with Gasteiger partial charge in [-0.2, -0.15) is 0 Å². The number of halogens is 1. The van der Waals surface area contributed by atoms with Gasteiger partial charge in [-0.1, -0.05) is 19.6 Å². The number of carbonyl (C=O) groups is 1. The molecule has 0 saturated carbocycles. The average molecular weight is 527 g/mol. The Labute approximate surface area is 213 Å². The smallest absolute Gasteiger partial charge is 0.407 e. The lowest BCUT2D eigenvalue weighted by Crippen LogP contribution is -2.40. The Morgan fingerprint density at radius 2 is 1.95 bits per heavy atom. The number of carboxylic acid groups (broad SMARTS) is 1. The summed E-state index contributed by atoms with van der Waals surface area (Å²) in [6.45, 7) is 8.20. The molecule has 1 aliphatic rings. The van der Waals surface area contributed by atoms with Crippen molar-refractivity contribution in [3.05, 3.63) is 53.0 Å². The minimum atomic E-state index is -1.28. The van der Waals surface area contributed by atoms with Crippen molar-refractivity contribution in [1.29, 1.82) is 0 Å². The van der Waals surface area contributed by atoms with E-state index in [1.807, 2.05) is 6.07 Å². The SMILES string of the molecule is C[Si](C)(C)CCOCn1c(=O)n(C2CCN(C(=O)O)CC2)c2nc(-c3cnc4ccc(F)cn34)ccc21. The van der Waals surface area contributed by atoms with E-state index in [0.717, 1.165) is 6.04 Å². The van der Waals surface area contributed by atoms with Crippen LogP contribution in [-0.4, -0.2) is 67.4 Å². The van der Waals surface area contributed by atoms with Crippen molar-refractivity contribution >= 4 is 31.0 Å². The third kappa shape index (κ3) is 5.03. The molecular weight excluding hydrogens is 495 g/mol. The van der Waals surface area contributed by atoms with E-state index in [9.17, 15) is 19.1 Å². The topological polar surface area (TPSA) is 107 Å². The molecule has 4 aromatic heterocycles. The number of piperidine rings is 1. The van der Waals surface area contributed by atoms with Crippen molar-refractivity contribution in [1.82, 2.24) is 28.4 Å². The first-order valence-electron chi connectivity index (χ1n) is 12.4. The van der Waals surface area contributed by atoms with Crippen LogP contribution in [0.4, 0.5) is 9.18 Å². The summed E-state index contributed by atoms with van der Waals surface area (Å²) >= 11 is 0. The van der Waals surface area contributed by atoms with Crippen LogP contribution in [-0.2, 0) is 11.5 Å². The van der Waals surface area contributed by atoms with Crippen LogP contribution in [0.25, 0.3) is 28.2 Å². The van der Waals surface area contributed by atoms with Gasteiger partial charge in [-0.3, -0.25) is 13.5 Å². The van der Waals surface area contributed by atoms with Crippen molar-refractivity contribution in [2.24, 2.45) is 0 Å². The van der Waals surface area contributed by atoms with E-state index in [0.29, 0.717) is 60.7 Å². The van der Waals surface area contributed by atoms with Crippen LogP contribution in [0.2, 0.25) is 25.7 Å². The van der Waals surface area contributed by atoms with Gasteiger partial charge in [-0.15, -0.1) is 0 Å². The summed E-state index contributed by atoms with van der Waals surface area (Å²) in [5.41, 5.74) is 2.66. The molecule has 0 bridgehead atoms. The van der Waals surface area contributed by atoms with Crippen LogP contribution in [0.5, 0.6) is 0 Å². The van der Waals surface area contributed by atoms with Gasteiger partial charge in [0.1, 0.15) is 18.2 Å². The molecule has 1 N–H and O–H groups in total. The van der Waals surface area contributed by atoms with Gasteiger partial charge in [0.25, 0.3) is 0 Å². The molecule has 1 fully saturated rings. The maximum absolute atomic E-state index is 14.0. The molecular formula is C25H31FN6O4Si. The Hall–Kier alpha value is -3.51. The van der Waals surface area contributed by atoms with Crippen molar-refractivity contribution < 1.29 is 19.0 Å². The van der Waals surface area contributed by atoms with E-state index in [1.165, 1.54) is 17.2 Å². The molecule has 4 aromatic rings. The van der Waals surface area contributed by atoms with Gasteiger partial charge < -0.3 is 14.7 Å². The highest BCUT2D eigenvalue weighted by atomic mass is 28.3. The number of amides is 1. The summed E-state index contributed by atoms with van der Waals surface area (Å²) in [6, 6.07) is 7.37. The molecule has 37 heavy (non-hydrogen) atoms. The molecule has 0 spiro atoms. The number of imidazole rings is 2. The quantitative estimate of drug-likeness (QED) is 0.285. The maximum atomic E-state index is 14.0. The van der Waals surface area contributed by atoms with E-state index in [1.54, 1.807) is 31.9 Å². The Balaban J connectivity index is 1.55. The molecule has 10 nitrogen and oxygen atoms in total. The first-order chi connectivity index (χ1) is 17.6. The fraction of sp³-hybridized carbons (Fsp3) is 0.440. The zero-order valence-electron chi connectivity index (χ0n) is 21.2. The van der Waals surface area contributed by atoms with E-state index < -0.39 is 20.0 Å². The molecule has 196 valence electrons. The predicted octanol–water partition coefficient (Wildman–Crippen LogP) is 4.28. The van der Waals surface area contributed by atoms with Crippen LogP contribution in [0.3, 0.4) is 0 Å². The lowest BCUT2D eigenvalue weighted by Gasteiger charge is -2.30. The maximum Gasteiger partial charge on any atom is 0.407 e. The second-order valence-corrected chi connectivity index (χ2v) is 16.3. The molecule has 0 aromatic carbocycles. The molecule has 1 aliphatic heterocycles. The summed E-state index contributed by atoms with van der Waals surface area (Å²) in [5, 5.41) is 9.34. The summed E-state index contributed by atoms with van der Waals surface area (Å²) < 4.78 is 24.8. The number of nitrogens with zero attached hydrogens (tertiary/aromatic N) is 6. The van der Waals surface area contributed by atoms with Gasteiger partial charge in [-0.25, -0.2) is 23.9 Å². The summed E-state index contributed by atoms with van der Waals surface area (Å²) in [6.07, 6.45) is 3.05. The lowest BCUT2D eigenvalue weighted by atomic mass is 10.1. The third-order valence-corrected chi connectivity index (χ3v) is 8.56. The number of pyridine rings is 2.